The Hall–Kier alpha value is -3.54. The summed E-state index contributed by atoms with van der Waals surface area (Å²) in [5.41, 5.74) is 2.27. The maximum Gasteiger partial charge on any atom is 0.319 e. The standard InChI is InChI=1S/C20H18N4O2/c1-14(19-13-15-7-2-5-10-18(15)26-19)22-20(25)23-16-8-3-4-9-17(16)24-12-6-11-21-24/h2-14H,1H3,(H2,22,23,25)/t14-/m1/s1. The van der Waals surface area contributed by atoms with Crippen LogP contribution in [0.4, 0.5) is 10.5 Å². The van der Waals surface area contributed by atoms with Gasteiger partial charge in [0.25, 0.3) is 0 Å². The highest BCUT2D eigenvalue weighted by Crippen LogP contribution is 2.24. The van der Waals surface area contributed by atoms with E-state index in [4.69, 9.17) is 4.42 Å². The molecule has 2 N–H and O–H groups in total. The van der Waals surface area contributed by atoms with Crippen molar-refractivity contribution >= 4 is 22.7 Å². The normalized spacial score (nSPS) is 12.0. The number of para-hydroxylation sites is 3. The monoisotopic (exact) mass is 346 g/mol. The smallest absolute Gasteiger partial charge is 0.319 e. The number of hydrogen-bond donors (Lipinski definition) is 2. The fourth-order valence-corrected chi connectivity index (χ4v) is 2.83. The van der Waals surface area contributed by atoms with Crippen LogP contribution in [0.25, 0.3) is 16.7 Å². The molecule has 0 fully saturated rings. The lowest BCUT2D eigenvalue weighted by molar-refractivity contribution is 0.248. The highest BCUT2D eigenvalue weighted by Gasteiger charge is 2.15. The molecule has 2 amide bonds. The van der Waals surface area contributed by atoms with Crippen molar-refractivity contribution in [3.8, 4) is 5.69 Å². The number of nitrogens with one attached hydrogen (secondary N) is 2. The van der Waals surface area contributed by atoms with Gasteiger partial charge >= 0.3 is 6.03 Å². The number of benzene rings is 2. The number of furan rings is 1. The molecule has 2 aromatic carbocycles. The van der Waals surface area contributed by atoms with Gasteiger partial charge in [0.2, 0.25) is 0 Å². The van der Waals surface area contributed by atoms with E-state index < -0.39 is 0 Å². The molecule has 0 aliphatic heterocycles. The van der Waals surface area contributed by atoms with Crippen molar-refractivity contribution in [2.24, 2.45) is 0 Å². The Bertz CT molecular complexity index is 1000. The molecule has 0 radical (unpaired) electrons. The number of fused-ring (bicyclic) bond motifs is 1. The van der Waals surface area contributed by atoms with Crippen molar-refractivity contribution in [2.45, 2.75) is 13.0 Å². The molecule has 4 rings (SSSR count). The Kier molecular flexibility index (Phi) is 4.15. The van der Waals surface area contributed by atoms with Gasteiger partial charge in [-0.05, 0) is 37.3 Å². The number of rotatable bonds is 4. The first kappa shape index (κ1) is 16.0. The number of amides is 2. The highest BCUT2D eigenvalue weighted by atomic mass is 16.3. The number of carbonyl (C=O) groups excluding carboxylic acids is 1. The number of carbonyl (C=O) groups is 1. The summed E-state index contributed by atoms with van der Waals surface area (Å²) in [6.07, 6.45) is 3.52. The van der Waals surface area contributed by atoms with Crippen LogP contribution in [0.15, 0.2) is 77.5 Å². The lowest BCUT2D eigenvalue weighted by Gasteiger charge is -2.14. The molecule has 4 aromatic rings. The Morgan fingerprint density at radius 1 is 1.12 bits per heavy atom. The second-order valence-corrected chi connectivity index (χ2v) is 5.97. The molecule has 6 heteroatoms. The minimum absolute atomic E-state index is 0.265. The maximum atomic E-state index is 12.4. The SMILES string of the molecule is C[C@@H](NC(=O)Nc1ccccc1-n1cccn1)c1cc2ccccc2o1. The summed E-state index contributed by atoms with van der Waals surface area (Å²) >= 11 is 0. The van der Waals surface area contributed by atoms with Crippen molar-refractivity contribution in [3.05, 3.63) is 78.8 Å². The topological polar surface area (TPSA) is 72.1 Å². The van der Waals surface area contributed by atoms with E-state index in [0.717, 1.165) is 16.7 Å². The van der Waals surface area contributed by atoms with Gasteiger partial charge < -0.3 is 15.1 Å². The van der Waals surface area contributed by atoms with Gasteiger partial charge in [-0.3, -0.25) is 0 Å². The van der Waals surface area contributed by atoms with Gasteiger partial charge in [-0.25, -0.2) is 9.48 Å². The van der Waals surface area contributed by atoms with E-state index in [-0.39, 0.29) is 12.1 Å². The van der Waals surface area contributed by atoms with Crippen molar-refractivity contribution < 1.29 is 9.21 Å². The van der Waals surface area contributed by atoms with Gasteiger partial charge in [0.05, 0.1) is 17.4 Å². The van der Waals surface area contributed by atoms with Crippen molar-refractivity contribution in [1.82, 2.24) is 15.1 Å². The number of anilines is 1. The molecule has 1 atom stereocenters. The predicted molar refractivity (Wildman–Crippen MR) is 100 cm³/mol. The van der Waals surface area contributed by atoms with Crippen LogP contribution in [0.3, 0.4) is 0 Å². The molecule has 0 saturated carbocycles. The summed E-state index contributed by atoms with van der Waals surface area (Å²) in [5.74, 6) is 0.710. The first-order valence-corrected chi connectivity index (χ1v) is 8.36. The first-order valence-electron chi connectivity index (χ1n) is 8.36. The average Bonchev–Trinajstić information content (AvgIpc) is 3.31. The largest absolute Gasteiger partial charge is 0.459 e. The van der Waals surface area contributed by atoms with Crippen LogP contribution in [-0.2, 0) is 0 Å². The molecule has 6 nitrogen and oxygen atoms in total. The predicted octanol–water partition coefficient (Wildman–Crippen LogP) is 4.50. The average molecular weight is 346 g/mol. The molecule has 26 heavy (non-hydrogen) atoms. The van der Waals surface area contributed by atoms with Crippen LogP contribution in [0.5, 0.6) is 0 Å². The van der Waals surface area contributed by atoms with Crippen molar-refractivity contribution in [3.63, 3.8) is 0 Å². The summed E-state index contributed by atoms with van der Waals surface area (Å²) < 4.78 is 7.51. The molecule has 0 saturated heterocycles. The molecule has 2 aromatic heterocycles. The van der Waals surface area contributed by atoms with E-state index in [1.54, 1.807) is 10.9 Å². The van der Waals surface area contributed by atoms with E-state index in [2.05, 4.69) is 15.7 Å². The van der Waals surface area contributed by atoms with Gasteiger partial charge in [-0.15, -0.1) is 0 Å². The third-order valence-corrected chi connectivity index (χ3v) is 4.12. The van der Waals surface area contributed by atoms with Crippen molar-refractivity contribution in [2.75, 3.05) is 5.32 Å². The molecule has 2 heterocycles. The Morgan fingerprint density at radius 2 is 1.92 bits per heavy atom. The van der Waals surface area contributed by atoms with E-state index in [0.29, 0.717) is 11.4 Å². The molecule has 0 bridgehead atoms. The molecular weight excluding hydrogens is 328 g/mol. The molecular formula is C20H18N4O2. The zero-order chi connectivity index (χ0) is 17.9. The van der Waals surface area contributed by atoms with Crippen LogP contribution in [0.1, 0.15) is 18.7 Å². The Labute approximate surface area is 150 Å². The zero-order valence-corrected chi connectivity index (χ0v) is 14.2. The fraction of sp³-hybridized carbons (Fsp3) is 0.100. The van der Waals surface area contributed by atoms with Gasteiger partial charge in [0.15, 0.2) is 0 Å². The summed E-state index contributed by atoms with van der Waals surface area (Å²) in [4.78, 5) is 12.4. The van der Waals surface area contributed by atoms with Gasteiger partial charge in [-0.2, -0.15) is 5.10 Å². The number of hydrogen-bond acceptors (Lipinski definition) is 3. The minimum atomic E-state index is -0.308. The van der Waals surface area contributed by atoms with E-state index in [1.807, 2.05) is 73.8 Å². The quantitative estimate of drug-likeness (QED) is 0.571. The highest BCUT2D eigenvalue weighted by molar-refractivity contribution is 5.91. The number of urea groups is 1. The maximum absolute atomic E-state index is 12.4. The second-order valence-electron chi connectivity index (χ2n) is 5.97. The van der Waals surface area contributed by atoms with E-state index in [9.17, 15) is 4.79 Å². The third-order valence-electron chi connectivity index (χ3n) is 4.12. The lowest BCUT2D eigenvalue weighted by Crippen LogP contribution is -2.31. The summed E-state index contributed by atoms with van der Waals surface area (Å²) in [6, 6.07) is 18.5. The lowest BCUT2D eigenvalue weighted by atomic mass is 10.2. The molecule has 0 unspecified atom stereocenters. The second kappa shape index (κ2) is 6.76. The van der Waals surface area contributed by atoms with E-state index >= 15 is 0 Å². The van der Waals surface area contributed by atoms with Crippen molar-refractivity contribution in [1.29, 1.82) is 0 Å². The summed E-state index contributed by atoms with van der Waals surface area (Å²) in [6.45, 7) is 1.89. The van der Waals surface area contributed by atoms with Crippen LogP contribution in [0.2, 0.25) is 0 Å². The molecule has 0 spiro atoms. The van der Waals surface area contributed by atoms with Crippen LogP contribution in [-0.4, -0.2) is 15.8 Å². The number of nitrogens with zero attached hydrogens (tertiary/aromatic N) is 2. The van der Waals surface area contributed by atoms with E-state index in [1.165, 1.54) is 0 Å². The molecule has 130 valence electrons. The first-order chi connectivity index (χ1) is 12.7. The van der Waals surface area contributed by atoms with Gasteiger partial charge in [0, 0.05) is 17.8 Å². The van der Waals surface area contributed by atoms with Crippen LogP contribution >= 0.6 is 0 Å². The summed E-state index contributed by atoms with van der Waals surface area (Å²) in [5, 5.41) is 11.0. The summed E-state index contributed by atoms with van der Waals surface area (Å²) in [7, 11) is 0. The van der Waals surface area contributed by atoms with Crippen LogP contribution in [0, 0.1) is 0 Å². The Balaban J connectivity index is 1.49. The van der Waals surface area contributed by atoms with Gasteiger partial charge in [0.1, 0.15) is 11.3 Å². The molecule has 0 aliphatic carbocycles. The third kappa shape index (κ3) is 3.17. The van der Waals surface area contributed by atoms with Gasteiger partial charge in [-0.1, -0.05) is 30.3 Å². The number of aromatic nitrogens is 2. The fourth-order valence-electron chi connectivity index (χ4n) is 2.83. The molecule has 0 aliphatic rings. The zero-order valence-electron chi connectivity index (χ0n) is 14.2. The van der Waals surface area contributed by atoms with Crippen LogP contribution < -0.4 is 10.6 Å². The Morgan fingerprint density at radius 3 is 2.73 bits per heavy atom. The minimum Gasteiger partial charge on any atom is -0.459 e.